The molecule has 1 N–H and O–H groups in total. The van der Waals surface area contributed by atoms with E-state index in [0.29, 0.717) is 6.04 Å². The zero-order chi connectivity index (χ0) is 12.0. The molecule has 0 aliphatic rings. The van der Waals surface area contributed by atoms with Crippen LogP contribution in [0.4, 0.5) is 0 Å². The van der Waals surface area contributed by atoms with Crippen LogP contribution in [0, 0.1) is 6.92 Å². The van der Waals surface area contributed by atoms with Crippen molar-refractivity contribution >= 4 is 0 Å². The minimum atomic E-state index is 0.613. The molecular formula is C13H23N3. The van der Waals surface area contributed by atoms with Gasteiger partial charge < -0.3 is 10.2 Å². The summed E-state index contributed by atoms with van der Waals surface area (Å²) in [6, 6.07) is 4.73. The first-order valence-electron chi connectivity index (χ1n) is 5.92. The minimum Gasteiger partial charge on any atom is -0.311 e. The maximum absolute atomic E-state index is 4.27. The molecule has 3 heteroatoms. The second-order valence-electron chi connectivity index (χ2n) is 4.50. The van der Waals surface area contributed by atoms with E-state index in [1.165, 1.54) is 5.56 Å². The number of likely N-dealkylation sites (N-methyl/N-ethyl adjacent to an activating group) is 1. The molecule has 1 rings (SSSR count). The highest BCUT2D eigenvalue weighted by Gasteiger charge is 2.02. The first-order chi connectivity index (χ1) is 7.61. The molecule has 0 radical (unpaired) electrons. The van der Waals surface area contributed by atoms with Crippen LogP contribution in [0.3, 0.4) is 0 Å². The van der Waals surface area contributed by atoms with Gasteiger partial charge in [0.1, 0.15) is 0 Å². The lowest BCUT2D eigenvalue weighted by Gasteiger charge is -2.21. The number of nitrogens with zero attached hydrogens (tertiary/aromatic N) is 2. The lowest BCUT2D eigenvalue weighted by atomic mass is 10.2. The normalized spacial score (nSPS) is 11.4. The van der Waals surface area contributed by atoms with Crippen molar-refractivity contribution in [1.29, 1.82) is 0 Å². The Morgan fingerprint density at radius 2 is 2.19 bits per heavy atom. The van der Waals surface area contributed by atoms with Crippen LogP contribution in [0.15, 0.2) is 18.3 Å². The summed E-state index contributed by atoms with van der Waals surface area (Å²) in [5.41, 5.74) is 2.40. The van der Waals surface area contributed by atoms with Gasteiger partial charge in [-0.15, -0.1) is 0 Å². The van der Waals surface area contributed by atoms with Crippen LogP contribution >= 0.6 is 0 Å². The number of aromatic nitrogens is 1. The Labute approximate surface area is 98.9 Å². The van der Waals surface area contributed by atoms with Crippen LogP contribution in [0.1, 0.15) is 25.1 Å². The van der Waals surface area contributed by atoms with E-state index < -0.39 is 0 Å². The van der Waals surface area contributed by atoms with Gasteiger partial charge in [0.05, 0.1) is 0 Å². The second kappa shape index (κ2) is 6.61. The van der Waals surface area contributed by atoms with Crippen LogP contribution in [0.25, 0.3) is 0 Å². The molecule has 16 heavy (non-hydrogen) atoms. The number of hydrogen-bond acceptors (Lipinski definition) is 3. The van der Waals surface area contributed by atoms with Gasteiger partial charge in [-0.25, -0.2) is 0 Å². The van der Waals surface area contributed by atoms with E-state index in [2.05, 4.69) is 49.1 Å². The topological polar surface area (TPSA) is 28.2 Å². The van der Waals surface area contributed by atoms with E-state index in [-0.39, 0.29) is 0 Å². The van der Waals surface area contributed by atoms with Crippen molar-refractivity contribution in [3.8, 4) is 0 Å². The average molecular weight is 221 g/mol. The van der Waals surface area contributed by atoms with Crippen LogP contribution in [-0.4, -0.2) is 36.1 Å². The molecule has 1 aromatic rings. The number of nitrogens with one attached hydrogen (secondary N) is 1. The summed E-state index contributed by atoms with van der Waals surface area (Å²) in [4.78, 5) is 6.61. The van der Waals surface area contributed by atoms with Gasteiger partial charge in [-0.1, -0.05) is 6.07 Å². The molecule has 90 valence electrons. The summed E-state index contributed by atoms with van der Waals surface area (Å²) in [5, 5.41) is 3.45. The molecule has 1 aromatic heterocycles. The molecule has 0 amide bonds. The first kappa shape index (κ1) is 13.1. The van der Waals surface area contributed by atoms with Gasteiger partial charge in [0, 0.05) is 37.6 Å². The van der Waals surface area contributed by atoms with Crippen molar-refractivity contribution in [2.75, 3.05) is 20.1 Å². The average Bonchev–Trinajstić information content (AvgIpc) is 2.26. The Balaban J connectivity index is 2.24. The molecular weight excluding hydrogens is 198 g/mol. The predicted octanol–water partition coefficient (Wildman–Crippen LogP) is 1.82. The van der Waals surface area contributed by atoms with Crippen molar-refractivity contribution in [1.82, 2.24) is 15.2 Å². The van der Waals surface area contributed by atoms with Gasteiger partial charge in [-0.05, 0) is 39.4 Å². The number of pyridine rings is 1. The molecule has 0 atom stereocenters. The summed E-state index contributed by atoms with van der Waals surface area (Å²) in [6.45, 7) is 9.49. The number of aryl methyl sites for hydroxylation is 1. The van der Waals surface area contributed by atoms with Gasteiger partial charge in [0.15, 0.2) is 0 Å². The molecule has 0 saturated heterocycles. The van der Waals surface area contributed by atoms with E-state index in [0.717, 1.165) is 25.3 Å². The monoisotopic (exact) mass is 221 g/mol. The molecule has 3 nitrogen and oxygen atoms in total. The highest BCUT2D eigenvalue weighted by atomic mass is 15.1. The van der Waals surface area contributed by atoms with Crippen molar-refractivity contribution in [3.63, 3.8) is 0 Å². The smallest absolute Gasteiger partial charge is 0.0417 e. The van der Waals surface area contributed by atoms with Crippen LogP contribution in [0.5, 0.6) is 0 Å². The Hall–Kier alpha value is -0.930. The summed E-state index contributed by atoms with van der Waals surface area (Å²) in [5.74, 6) is 0. The molecule has 0 unspecified atom stereocenters. The van der Waals surface area contributed by atoms with Gasteiger partial charge in [0.25, 0.3) is 0 Å². The highest BCUT2D eigenvalue weighted by Crippen LogP contribution is 2.02. The standard InChI is InChI=1S/C13H23N3/c1-11(2)16(4)9-8-14-10-13-6-5-7-15-12(13)3/h5-7,11,14H,8-10H2,1-4H3. The lowest BCUT2D eigenvalue weighted by molar-refractivity contribution is 0.273. The fraction of sp³-hybridized carbons (Fsp3) is 0.615. The van der Waals surface area contributed by atoms with Gasteiger partial charge in [-0.3, -0.25) is 4.98 Å². The minimum absolute atomic E-state index is 0.613. The van der Waals surface area contributed by atoms with Crippen LogP contribution < -0.4 is 5.32 Å². The molecule has 0 spiro atoms. The molecule has 0 saturated carbocycles. The van der Waals surface area contributed by atoms with Crippen molar-refractivity contribution in [2.24, 2.45) is 0 Å². The largest absolute Gasteiger partial charge is 0.311 e. The van der Waals surface area contributed by atoms with E-state index in [1.807, 2.05) is 12.3 Å². The van der Waals surface area contributed by atoms with Crippen LogP contribution in [-0.2, 0) is 6.54 Å². The van der Waals surface area contributed by atoms with E-state index in [9.17, 15) is 0 Å². The highest BCUT2D eigenvalue weighted by molar-refractivity contribution is 5.17. The molecule has 0 fully saturated rings. The third kappa shape index (κ3) is 4.29. The number of hydrogen-bond donors (Lipinski definition) is 1. The third-order valence-electron chi connectivity index (χ3n) is 2.95. The first-order valence-corrected chi connectivity index (χ1v) is 5.92. The Morgan fingerprint density at radius 3 is 2.81 bits per heavy atom. The quantitative estimate of drug-likeness (QED) is 0.743. The van der Waals surface area contributed by atoms with Crippen LogP contribution in [0.2, 0.25) is 0 Å². The molecule has 0 aliphatic carbocycles. The second-order valence-corrected chi connectivity index (χ2v) is 4.50. The van der Waals surface area contributed by atoms with Crippen molar-refractivity contribution < 1.29 is 0 Å². The van der Waals surface area contributed by atoms with E-state index >= 15 is 0 Å². The van der Waals surface area contributed by atoms with Crippen molar-refractivity contribution in [3.05, 3.63) is 29.6 Å². The van der Waals surface area contributed by atoms with E-state index in [4.69, 9.17) is 0 Å². The third-order valence-corrected chi connectivity index (χ3v) is 2.95. The van der Waals surface area contributed by atoms with Gasteiger partial charge in [0.2, 0.25) is 0 Å². The van der Waals surface area contributed by atoms with Gasteiger partial charge >= 0.3 is 0 Å². The Kier molecular flexibility index (Phi) is 5.43. The maximum atomic E-state index is 4.27. The summed E-state index contributed by atoms with van der Waals surface area (Å²) < 4.78 is 0. The molecule has 0 bridgehead atoms. The zero-order valence-electron chi connectivity index (χ0n) is 10.8. The number of rotatable bonds is 6. The summed E-state index contributed by atoms with van der Waals surface area (Å²) in [7, 11) is 2.15. The summed E-state index contributed by atoms with van der Waals surface area (Å²) in [6.07, 6.45) is 1.84. The Bertz CT molecular complexity index is 310. The SMILES string of the molecule is Cc1ncccc1CNCCN(C)C(C)C. The molecule has 0 aliphatic heterocycles. The summed E-state index contributed by atoms with van der Waals surface area (Å²) >= 11 is 0. The molecule has 1 heterocycles. The fourth-order valence-electron chi connectivity index (χ4n) is 1.44. The predicted molar refractivity (Wildman–Crippen MR) is 68.4 cm³/mol. The molecule has 0 aromatic carbocycles. The van der Waals surface area contributed by atoms with Crippen molar-refractivity contribution in [2.45, 2.75) is 33.4 Å². The van der Waals surface area contributed by atoms with E-state index in [1.54, 1.807) is 0 Å². The van der Waals surface area contributed by atoms with Gasteiger partial charge in [-0.2, -0.15) is 0 Å². The Morgan fingerprint density at radius 1 is 1.44 bits per heavy atom. The maximum Gasteiger partial charge on any atom is 0.0417 e. The fourth-order valence-corrected chi connectivity index (χ4v) is 1.44. The lowest BCUT2D eigenvalue weighted by Crippen LogP contribution is -2.33. The zero-order valence-corrected chi connectivity index (χ0v) is 10.8.